The first-order chi connectivity index (χ1) is 7.84. The maximum absolute atomic E-state index is 12.5. The molecule has 0 unspecified atom stereocenters. The van der Waals surface area contributed by atoms with Gasteiger partial charge in [0.1, 0.15) is 5.75 Å². The number of benzene rings is 1. The summed E-state index contributed by atoms with van der Waals surface area (Å²) in [5.41, 5.74) is -1.46. The number of carboxylic acids is 1. The minimum atomic E-state index is -4.59. The van der Waals surface area contributed by atoms with Gasteiger partial charge in [-0.1, -0.05) is 6.92 Å². The number of alkyl halides is 3. The van der Waals surface area contributed by atoms with Gasteiger partial charge in [0.25, 0.3) is 0 Å². The summed E-state index contributed by atoms with van der Waals surface area (Å²) in [5.74, 6) is -1.50. The average molecular weight is 248 g/mol. The Hall–Kier alpha value is -1.72. The highest BCUT2D eigenvalue weighted by Crippen LogP contribution is 2.32. The van der Waals surface area contributed by atoms with Gasteiger partial charge in [-0.05, 0) is 24.6 Å². The number of aromatic carboxylic acids is 1. The number of hydrogen-bond acceptors (Lipinski definition) is 2. The van der Waals surface area contributed by atoms with Crippen molar-refractivity contribution in [2.45, 2.75) is 19.5 Å². The second kappa shape index (κ2) is 5.07. The van der Waals surface area contributed by atoms with Gasteiger partial charge in [0.05, 0.1) is 17.7 Å². The van der Waals surface area contributed by atoms with Crippen molar-refractivity contribution in [1.82, 2.24) is 0 Å². The number of rotatable bonds is 4. The van der Waals surface area contributed by atoms with Gasteiger partial charge in [0, 0.05) is 0 Å². The second-order valence-corrected chi connectivity index (χ2v) is 3.40. The van der Waals surface area contributed by atoms with Crippen LogP contribution in [0.4, 0.5) is 13.2 Å². The molecule has 94 valence electrons. The lowest BCUT2D eigenvalue weighted by molar-refractivity contribution is -0.137. The largest absolute Gasteiger partial charge is 0.494 e. The summed E-state index contributed by atoms with van der Waals surface area (Å²) < 4.78 is 42.5. The van der Waals surface area contributed by atoms with Crippen LogP contribution in [0.2, 0.25) is 0 Å². The number of carbonyl (C=O) groups is 1. The van der Waals surface area contributed by atoms with Crippen molar-refractivity contribution in [2.75, 3.05) is 6.61 Å². The van der Waals surface area contributed by atoms with E-state index in [1.165, 1.54) is 0 Å². The lowest BCUT2D eigenvalue weighted by Gasteiger charge is -2.11. The summed E-state index contributed by atoms with van der Waals surface area (Å²) in [7, 11) is 0. The van der Waals surface area contributed by atoms with E-state index < -0.39 is 23.3 Å². The third-order valence-electron chi connectivity index (χ3n) is 1.95. The summed E-state index contributed by atoms with van der Waals surface area (Å²) in [5, 5.41) is 8.70. The van der Waals surface area contributed by atoms with Crippen molar-refractivity contribution < 1.29 is 27.8 Å². The number of halogens is 3. The van der Waals surface area contributed by atoms with Gasteiger partial charge < -0.3 is 9.84 Å². The smallest absolute Gasteiger partial charge is 0.416 e. The van der Waals surface area contributed by atoms with Crippen LogP contribution >= 0.6 is 0 Å². The molecule has 0 amide bonds. The van der Waals surface area contributed by atoms with Crippen LogP contribution in [0.25, 0.3) is 0 Å². The predicted octanol–water partition coefficient (Wildman–Crippen LogP) is 3.19. The summed E-state index contributed by atoms with van der Waals surface area (Å²) in [6, 6.07) is 2.45. The van der Waals surface area contributed by atoms with Crippen molar-refractivity contribution in [3.05, 3.63) is 29.3 Å². The van der Waals surface area contributed by atoms with Crippen LogP contribution in [0.15, 0.2) is 18.2 Å². The molecule has 1 aromatic rings. The molecule has 0 aromatic heterocycles. The minimum absolute atomic E-state index is 0.0842. The van der Waals surface area contributed by atoms with E-state index in [9.17, 15) is 18.0 Å². The molecule has 0 saturated heterocycles. The standard InChI is InChI=1S/C11H11F3O3/c1-2-3-17-9-5-7(10(15)16)4-8(6-9)11(12,13)14/h4-6H,2-3H2,1H3,(H,15,16). The van der Waals surface area contributed by atoms with Crippen molar-refractivity contribution in [3.63, 3.8) is 0 Å². The molecule has 0 saturated carbocycles. The van der Waals surface area contributed by atoms with Gasteiger partial charge >= 0.3 is 12.1 Å². The molecule has 0 spiro atoms. The van der Waals surface area contributed by atoms with Gasteiger partial charge in [-0.25, -0.2) is 4.79 Å². The maximum atomic E-state index is 12.5. The fourth-order valence-electron chi connectivity index (χ4n) is 1.19. The number of ether oxygens (including phenoxy) is 1. The second-order valence-electron chi connectivity index (χ2n) is 3.40. The first-order valence-corrected chi connectivity index (χ1v) is 4.93. The minimum Gasteiger partial charge on any atom is -0.494 e. The summed E-state index contributed by atoms with van der Waals surface area (Å²) in [4.78, 5) is 10.7. The molecule has 0 bridgehead atoms. The molecular weight excluding hydrogens is 237 g/mol. The molecular formula is C11H11F3O3. The zero-order chi connectivity index (χ0) is 13.1. The monoisotopic (exact) mass is 248 g/mol. The van der Waals surface area contributed by atoms with E-state index in [2.05, 4.69) is 0 Å². The Morgan fingerprint density at radius 2 is 2.00 bits per heavy atom. The normalized spacial score (nSPS) is 11.3. The van der Waals surface area contributed by atoms with E-state index in [4.69, 9.17) is 9.84 Å². The van der Waals surface area contributed by atoms with Gasteiger partial charge in [0.2, 0.25) is 0 Å². The average Bonchev–Trinajstić information content (AvgIpc) is 2.24. The molecule has 0 heterocycles. The zero-order valence-electron chi connectivity index (χ0n) is 9.04. The number of hydrogen-bond donors (Lipinski definition) is 1. The molecule has 0 radical (unpaired) electrons. The van der Waals surface area contributed by atoms with E-state index in [1.807, 2.05) is 0 Å². The third-order valence-corrected chi connectivity index (χ3v) is 1.95. The Kier molecular flexibility index (Phi) is 3.98. The highest BCUT2D eigenvalue weighted by atomic mass is 19.4. The fourth-order valence-corrected chi connectivity index (χ4v) is 1.19. The SMILES string of the molecule is CCCOc1cc(C(=O)O)cc(C(F)(F)F)c1. The maximum Gasteiger partial charge on any atom is 0.416 e. The highest BCUT2D eigenvalue weighted by molar-refractivity contribution is 5.88. The van der Waals surface area contributed by atoms with Crippen LogP contribution in [0, 0.1) is 0 Å². The highest BCUT2D eigenvalue weighted by Gasteiger charge is 2.32. The van der Waals surface area contributed by atoms with Crippen LogP contribution in [-0.2, 0) is 6.18 Å². The molecule has 0 aliphatic heterocycles. The molecule has 1 rings (SSSR count). The van der Waals surface area contributed by atoms with Crippen LogP contribution < -0.4 is 4.74 Å². The molecule has 1 N–H and O–H groups in total. The third kappa shape index (κ3) is 3.65. The molecule has 6 heteroatoms. The lowest BCUT2D eigenvalue weighted by atomic mass is 10.1. The van der Waals surface area contributed by atoms with Crippen LogP contribution in [0.5, 0.6) is 5.75 Å². The summed E-state index contributed by atoms with van der Waals surface area (Å²) in [6.07, 6.45) is -3.96. The zero-order valence-corrected chi connectivity index (χ0v) is 9.04. The Labute approximate surface area is 95.8 Å². The predicted molar refractivity (Wildman–Crippen MR) is 54.2 cm³/mol. The van der Waals surface area contributed by atoms with E-state index in [0.717, 1.165) is 12.1 Å². The van der Waals surface area contributed by atoms with E-state index in [1.54, 1.807) is 6.92 Å². The molecule has 1 aromatic carbocycles. The molecule has 17 heavy (non-hydrogen) atoms. The molecule has 0 aliphatic carbocycles. The molecule has 0 fully saturated rings. The first-order valence-electron chi connectivity index (χ1n) is 4.93. The fraction of sp³-hybridized carbons (Fsp3) is 0.364. The summed E-state index contributed by atoms with van der Waals surface area (Å²) in [6.45, 7) is 2.03. The van der Waals surface area contributed by atoms with Crippen molar-refractivity contribution >= 4 is 5.97 Å². The van der Waals surface area contributed by atoms with Gasteiger partial charge in [-0.3, -0.25) is 0 Å². The van der Waals surface area contributed by atoms with E-state index in [0.29, 0.717) is 12.5 Å². The first kappa shape index (κ1) is 13.3. The Morgan fingerprint density at radius 1 is 1.35 bits per heavy atom. The molecule has 0 aliphatic rings. The quantitative estimate of drug-likeness (QED) is 0.890. The van der Waals surface area contributed by atoms with E-state index in [-0.39, 0.29) is 12.4 Å². The van der Waals surface area contributed by atoms with Crippen molar-refractivity contribution in [3.8, 4) is 5.75 Å². The Bertz CT molecular complexity index is 413. The van der Waals surface area contributed by atoms with Gasteiger partial charge in [0.15, 0.2) is 0 Å². The van der Waals surface area contributed by atoms with Crippen LogP contribution in [-0.4, -0.2) is 17.7 Å². The van der Waals surface area contributed by atoms with Crippen LogP contribution in [0.3, 0.4) is 0 Å². The molecule has 3 nitrogen and oxygen atoms in total. The van der Waals surface area contributed by atoms with Gasteiger partial charge in [-0.2, -0.15) is 13.2 Å². The lowest BCUT2D eigenvalue weighted by Crippen LogP contribution is -2.09. The van der Waals surface area contributed by atoms with Crippen molar-refractivity contribution in [2.24, 2.45) is 0 Å². The van der Waals surface area contributed by atoms with Crippen LogP contribution in [0.1, 0.15) is 29.3 Å². The Balaban J connectivity index is 3.14. The van der Waals surface area contributed by atoms with E-state index >= 15 is 0 Å². The Morgan fingerprint density at radius 3 is 2.47 bits per heavy atom. The topological polar surface area (TPSA) is 46.5 Å². The number of carboxylic acid groups (broad SMARTS) is 1. The van der Waals surface area contributed by atoms with Gasteiger partial charge in [-0.15, -0.1) is 0 Å². The molecule has 0 atom stereocenters. The van der Waals surface area contributed by atoms with Crippen molar-refractivity contribution in [1.29, 1.82) is 0 Å². The summed E-state index contributed by atoms with van der Waals surface area (Å²) >= 11 is 0.